The predicted octanol–water partition coefficient (Wildman–Crippen LogP) is 0.735. The molecular formula is C16H18F2N2O6. The molecule has 0 unspecified atom stereocenters. The fourth-order valence-corrected chi connectivity index (χ4v) is 2.30. The Balaban J connectivity index is 1.79. The minimum Gasteiger partial charge on any atom is -0.493 e. The van der Waals surface area contributed by atoms with Gasteiger partial charge in [-0.2, -0.15) is 8.78 Å². The fraction of sp³-hybridized carbons (Fsp3) is 0.438. The van der Waals surface area contributed by atoms with Crippen LogP contribution in [0.5, 0.6) is 11.5 Å². The van der Waals surface area contributed by atoms with Crippen LogP contribution in [0.25, 0.3) is 0 Å². The van der Waals surface area contributed by atoms with Gasteiger partial charge in [0.15, 0.2) is 18.1 Å². The molecule has 0 spiro atoms. The molecule has 0 aliphatic carbocycles. The molecule has 1 aromatic carbocycles. The molecule has 0 bridgehead atoms. The highest BCUT2D eigenvalue weighted by molar-refractivity contribution is 5.89. The van der Waals surface area contributed by atoms with Crippen LogP contribution in [0.1, 0.15) is 18.4 Å². The lowest BCUT2D eigenvalue weighted by atomic mass is 10.2. The number of hydrogen-bond donors (Lipinski definition) is 2. The molecule has 1 saturated heterocycles. The topological polar surface area (TPSA) is 103 Å². The lowest BCUT2D eigenvalue weighted by Gasteiger charge is -2.12. The Bertz CT molecular complexity index is 683. The lowest BCUT2D eigenvalue weighted by molar-refractivity contribution is -0.150. The van der Waals surface area contributed by atoms with E-state index < -0.39 is 31.1 Å². The molecule has 1 fully saturated rings. The third kappa shape index (κ3) is 5.57. The lowest BCUT2D eigenvalue weighted by Crippen LogP contribution is -2.37. The quantitative estimate of drug-likeness (QED) is 0.653. The summed E-state index contributed by atoms with van der Waals surface area (Å²) in [6.45, 7) is -3.40. The van der Waals surface area contributed by atoms with Crippen LogP contribution in [0, 0.1) is 0 Å². The van der Waals surface area contributed by atoms with E-state index in [0.29, 0.717) is 12.0 Å². The van der Waals surface area contributed by atoms with Gasteiger partial charge in [0.2, 0.25) is 5.91 Å². The molecule has 0 aromatic heterocycles. The molecule has 2 N–H and O–H groups in total. The number of methoxy groups -OCH3 is 1. The number of carbonyl (C=O) groups is 3. The van der Waals surface area contributed by atoms with E-state index in [1.165, 1.54) is 25.3 Å². The van der Waals surface area contributed by atoms with Crippen LogP contribution < -0.4 is 20.1 Å². The monoisotopic (exact) mass is 372 g/mol. The number of halogens is 2. The zero-order chi connectivity index (χ0) is 19.1. The Morgan fingerprint density at radius 1 is 1.35 bits per heavy atom. The van der Waals surface area contributed by atoms with Gasteiger partial charge in [-0.05, 0) is 24.1 Å². The van der Waals surface area contributed by atoms with Crippen molar-refractivity contribution < 1.29 is 37.4 Å². The number of amides is 2. The van der Waals surface area contributed by atoms with Crippen LogP contribution in [0.15, 0.2) is 18.2 Å². The molecule has 1 heterocycles. The molecule has 26 heavy (non-hydrogen) atoms. The average Bonchev–Trinajstić information content (AvgIpc) is 3.04. The van der Waals surface area contributed by atoms with Gasteiger partial charge >= 0.3 is 12.6 Å². The molecule has 2 rings (SSSR count). The van der Waals surface area contributed by atoms with Crippen molar-refractivity contribution in [2.75, 3.05) is 13.7 Å². The maximum atomic E-state index is 12.3. The molecular weight excluding hydrogens is 354 g/mol. The summed E-state index contributed by atoms with van der Waals surface area (Å²) < 4.78 is 38.7. The third-order valence-electron chi connectivity index (χ3n) is 3.56. The summed E-state index contributed by atoms with van der Waals surface area (Å²) in [4.78, 5) is 34.4. The molecule has 1 atom stereocenters. The summed E-state index contributed by atoms with van der Waals surface area (Å²) in [7, 11) is 1.30. The summed E-state index contributed by atoms with van der Waals surface area (Å²) >= 11 is 0. The van der Waals surface area contributed by atoms with Gasteiger partial charge in [-0.15, -0.1) is 0 Å². The smallest absolute Gasteiger partial charge is 0.387 e. The Kier molecular flexibility index (Phi) is 6.70. The van der Waals surface area contributed by atoms with Gasteiger partial charge in [0.05, 0.1) is 7.11 Å². The van der Waals surface area contributed by atoms with Gasteiger partial charge in [0.25, 0.3) is 5.91 Å². The second-order valence-corrected chi connectivity index (χ2v) is 5.41. The van der Waals surface area contributed by atoms with Gasteiger partial charge in [-0.25, -0.2) is 4.79 Å². The molecule has 0 saturated carbocycles. The van der Waals surface area contributed by atoms with Crippen LogP contribution in [-0.4, -0.2) is 44.2 Å². The van der Waals surface area contributed by atoms with E-state index in [9.17, 15) is 23.2 Å². The number of esters is 1. The number of carbonyl (C=O) groups excluding carboxylic acids is 3. The highest BCUT2D eigenvalue weighted by Crippen LogP contribution is 2.29. The van der Waals surface area contributed by atoms with Crippen molar-refractivity contribution in [2.24, 2.45) is 0 Å². The van der Waals surface area contributed by atoms with Crippen LogP contribution in [0.3, 0.4) is 0 Å². The predicted molar refractivity (Wildman–Crippen MR) is 83.6 cm³/mol. The summed E-state index contributed by atoms with van der Waals surface area (Å²) in [5.74, 6) is -1.47. The average molecular weight is 372 g/mol. The SMILES string of the molecule is COc1cc(CNC(=O)COC(=O)[C@H]2CCC(=O)N2)ccc1OC(F)F. The Hall–Kier alpha value is -2.91. The zero-order valence-corrected chi connectivity index (χ0v) is 13.9. The van der Waals surface area contributed by atoms with Crippen molar-refractivity contribution in [2.45, 2.75) is 32.0 Å². The second-order valence-electron chi connectivity index (χ2n) is 5.41. The van der Waals surface area contributed by atoms with E-state index >= 15 is 0 Å². The molecule has 0 radical (unpaired) electrons. The van der Waals surface area contributed by atoms with Gasteiger partial charge < -0.3 is 24.8 Å². The largest absolute Gasteiger partial charge is 0.493 e. The molecule has 10 heteroatoms. The van der Waals surface area contributed by atoms with E-state index in [1.807, 2.05) is 0 Å². The maximum absolute atomic E-state index is 12.3. The fourth-order valence-electron chi connectivity index (χ4n) is 2.30. The minimum absolute atomic E-state index is 0.0713. The Morgan fingerprint density at radius 2 is 2.12 bits per heavy atom. The summed E-state index contributed by atoms with van der Waals surface area (Å²) in [6, 6.07) is 3.51. The molecule has 1 aromatic rings. The highest BCUT2D eigenvalue weighted by atomic mass is 19.3. The standard InChI is InChI=1S/C16H18F2N2O6/c1-24-12-6-9(2-4-11(12)26-16(17)18)7-19-14(22)8-25-15(23)10-3-5-13(21)20-10/h2,4,6,10,16H,3,5,7-8H2,1H3,(H,19,22)(H,20,21)/t10-/m1/s1. The van der Waals surface area contributed by atoms with Gasteiger partial charge in [0.1, 0.15) is 6.04 Å². The Labute approximate surface area is 147 Å². The molecule has 1 aliphatic rings. The van der Waals surface area contributed by atoms with E-state index in [0.717, 1.165) is 0 Å². The van der Waals surface area contributed by atoms with Crippen LogP contribution in [0.4, 0.5) is 8.78 Å². The summed E-state index contributed by atoms with van der Waals surface area (Å²) in [6.07, 6.45) is 0.588. The Morgan fingerprint density at radius 3 is 2.73 bits per heavy atom. The number of rotatable bonds is 8. The number of alkyl halides is 2. The van der Waals surface area contributed by atoms with E-state index in [-0.39, 0.29) is 30.4 Å². The van der Waals surface area contributed by atoms with Crippen molar-refractivity contribution in [1.82, 2.24) is 10.6 Å². The van der Waals surface area contributed by atoms with E-state index in [4.69, 9.17) is 9.47 Å². The summed E-state index contributed by atoms with van der Waals surface area (Å²) in [5.41, 5.74) is 0.575. The van der Waals surface area contributed by atoms with Crippen molar-refractivity contribution in [1.29, 1.82) is 0 Å². The number of hydrogen-bond acceptors (Lipinski definition) is 6. The number of ether oxygens (including phenoxy) is 3. The van der Waals surface area contributed by atoms with Crippen molar-refractivity contribution in [3.63, 3.8) is 0 Å². The van der Waals surface area contributed by atoms with Gasteiger partial charge in [-0.1, -0.05) is 6.07 Å². The van der Waals surface area contributed by atoms with E-state index in [2.05, 4.69) is 15.4 Å². The first-order valence-electron chi connectivity index (χ1n) is 7.73. The van der Waals surface area contributed by atoms with Crippen molar-refractivity contribution in [3.8, 4) is 11.5 Å². The van der Waals surface area contributed by atoms with Gasteiger partial charge in [-0.3, -0.25) is 9.59 Å². The van der Waals surface area contributed by atoms with Crippen molar-refractivity contribution >= 4 is 17.8 Å². The minimum atomic E-state index is -2.98. The zero-order valence-electron chi connectivity index (χ0n) is 13.9. The van der Waals surface area contributed by atoms with Gasteiger partial charge in [0, 0.05) is 13.0 Å². The highest BCUT2D eigenvalue weighted by Gasteiger charge is 2.28. The summed E-state index contributed by atoms with van der Waals surface area (Å²) in [5, 5.41) is 4.96. The van der Waals surface area contributed by atoms with Crippen molar-refractivity contribution in [3.05, 3.63) is 23.8 Å². The molecule has 142 valence electrons. The van der Waals surface area contributed by atoms with Crippen LogP contribution in [0.2, 0.25) is 0 Å². The van der Waals surface area contributed by atoms with E-state index in [1.54, 1.807) is 0 Å². The molecule has 2 amide bonds. The first kappa shape index (κ1) is 19.4. The second kappa shape index (κ2) is 8.97. The van der Waals surface area contributed by atoms with Crippen LogP contribution >= 0.6 is 0 Å². The first-order valence-corrected chi connectivity index (χ1v) is 7.73. The number of benzene rings is 1. The normalized spacial score (nSPS) is 16.2. The third-order valence-corrected chi connectivity index (χ3v) is 3.56. The number of nitrogens with one attached hydrogen (secondary N) is 2. The molecule has 8 nitrogen and oxygen atoms in total. The van der Waals surface area contributed by atoms with Crippen LogP contribution in [-0.2, 0) is 25.7 Å². The molecule has 1 aliphatic heterocycles. The first-order chi connectivity index (χ1) is 12.4. The maximum Gasteiger partial charge on any atom is 0.387 e.